The summed E-state index contributed by atoms with van der Waals surface area (Å²) >= 11 is 25.1. The fraction of sp³-hybridized carbons (Fsp3) is 0.136. The second-order valence-electron chi connectivity index (χ2n) is 7.11. The Morgan fingerprint density at radius 2 is 1.57 bits per heavy atom. The monoisotopic (exact) mass is 478 g/mol. The minimum Gasteiger partial charge on any atom is -0.506 e. The highest BCUT2D eigenvalue weighted by molar-refractivity contribution is 6.36. The van der Waals surface area contributed by atoms with E-state index >= 15 is 0 Å². The summed E-state index contributed by atoms with van der Waals surface area (Å²) in [6.45, 7) is 0. The first-order valence-electron chi connectivity index (χ1n) is 9.17. The van der Waals surface area contributed by atoms with E-state index in [1.165, 1.54) is 6.07 Å². The molecule has 0 amide bonds. The molecule has 4 nitrogen and oxygen atoms in total. The normalized spacial score (nSPS) is 19.7. The molecule has 2 aliphatic rings. The van der Waals surface area contributed by atoms with Gasteiger partial charge in [-0.05, 0) is 29.8 Å². The Hall–Kier alpha value is -2.11. The summed E-state index contributed by atoms with van der Waals surface area (Å²) in [4.78, 5) is 0. The van der Waals surface area contributed by atoms with Crippen molar-refractivity contribution in [3.05, 3.63) is 91.4 Å². The molecule has 2 atom stereocenters. The zero-order valence-corrected chi connectivity index (χ0v) is 18.3. The first-order chi connectivity index (χ1) is 14.4. The molecule has 0 saturated heterocycles. The smallest absolute Gasteiger partial charge is 0.217 e. The highest BCUT2D eigenvalue weighted by Gasteiger charge is 2.43. The highest BCUT2D eigenvalue weighted by atomic mass is 35.5. The number of nitrogens with zero attached hydrogens (tertiary/aromatic N) is 2. The third kappa shape index (κ3) is 3.28. The summed E-state index contributed by atoms with van der Waals surface area (Å²) in [6, 6.07) is 16.3. The van der Waals surface area contributed by atoms with E-state index in [1.807, 2.05) is 36.4 Å². The van der Waals surface area contributed by atoms with Gasteiger partial charge >= 0.3 is 0 Å². The summed E-state index contributed by atoms with van der Waals surface area (Å²) in [5.74, 6) is 0.397. The van der Waals surface area contributed by atoms with Crippen LogP contribution in [0, 0.1) is 0 Å². The number of hydrazone groups is 1. The molecule has 0 spiro atoms. The Kier molecular flexibility index (Phi) is 4.98. The molecule has 152 valence electrons. The van der Waals surface area contributed by atoms with Crippen LogP contribution in [-0.2, 0) is 0 Å². The molecular weight excluding hydrogens is 466 g/mol. The van der Waals surface area contributed by atoms with Crippen molar-refractivity contribution >= 4 is 52.1 Å². The van der Waals surface area contributed by atoms with Crippen molar-refractivity contribution in [1.29, 1.82) is 0 Å². The van der Waals surface area contributed by atoms with Crippen LogP contribution in [0.25, 0.3) is 0 Å². The molecule has 0 unspecified atom stereocenters. The number of phenols is 1. The summed E-state index contributed by atoms with van der Waals surface area (Å²) < 4.78 is 6.24. The lowest BCUT2D eigenvalue weighted by atomic mass is 9.95. The van der Waals surface area contributed by atoms with Gasteiger partial charge in [-0.2, -0.15) is 5.10 Å². The Balaban J connectivity index is 1.68. The van der Waals surface area contributed by atoms with Gasteiger partial charge in [-0.15, -0.1) is 0 Å². The van der Waals surface area contributed by atoms with Gasteiger partial charge in [-0.3, -0.25) is 0 Å². The topological polar surface area (TPSA) is 45.1 Å². The van der Waals surface area contributed by atoms with Gasteiger partial charge in [0.2, 0.25) is 6.23 Å². The van der Waals surface area contributed by atoms with E-state index in [-0.39, 0.29) is 16.8 Å². The number of ether oxygens (including phenoxy) is 1. The first kappa shape index (κ1) is 19.8. The molecule has 30 heavy (non-hydrogen) atoms. The second kappa shape index (κ2) is 7.54. The van der Waals surface area contributed by atoms with Crippen LogP contribution in [0.2, 0.25) is 20.1 Å². The molecule has 8 heteroatoms. The summed E-state index contributed by atoms with van der Waals surface area (Å²) in [5.41, 5.74) is 3.15. The molecule has 1 N–H and O–H groups in total. The van der Waals surface area contributed by atoms with E-state index in [0.717, 1.165) is 16.8 Å². The van der Waals surface area contributed by atoms with Gasteiger partial charge in [0, 0.05) is 22.0 Å². The maximum atomic E-state index is 10.6. The van der Waals surface area contributed by atoms with Gasteiger partial charge in [0.1, 0.15) is 11.5 Å². The number of halogens is 4. The molecule has 3 aromatic rings. The zero-order chi connectivity index (χ0) is 21.0. The molecule has 5 rings (SSSR count). The van der Waals surface area contributed by atoms with Crippen molar-refractivity contribution in [3.8, 4) is 11.5 Å². The maximum Gasteiger partial charge on any atom is 0.217 e. The highest BCUT2D eigenvalue weighted by Crippen LogP contribution is 2.52. The maximum absolute atomic E-state index is 10.6. The molecule has 0 radical (unpaired) electrons. The van der Waals surface area contributed by atoms with E-state index in [0.29, 0.717) is 32.8 Å². The SMILES string of the molecule is Oc1c(Cl)cc(Cl)cc1[C@H]1Oc2c(Cl)cc(Cl)cc2[C@@H]2CC(c3ccccc3)=NN12. The van der Waals surface area contributed by atoms with Crippen LogP contribution in [0.15, 0.2) is 59.7 Å². The lowest BCUT2D eigenvalue weighted by molar-refractivity contribution is -0.0202. The van der Waals surface area contributed by atoms with Crippen molar-refractivity contribution in [2.75, 3.05) is 0 Å². The van der Waals surface area contributed by atoms with Crippen LogP contribution in [0.3, 0.4) is 0 Å². The average Bonchev–Trinajstić information content (AvgIpc) is 3.17. The summed E-state index contributed by atoms with van der Waals surface area (Å²) in [5, 5.41) is 18.7. The molecule has 0 bridgehead atoms. The Morgan fingerprint density at radius 1 is 0.900 bits per heavy atom. The second-order valence-corrected chi connectivity index (χ2v) is 8.80. The lowest BCUT2D eigenvalue weighted by Gasteiger charge is -2.38. The summed E-state index contributed by atoms with van der Waals surface area (Å²) in [6.07, 6.45) is -0.138. The standard InChI is InChI=1S/C22H14Cl4N2O2/c23-12-6-14-19-10-18(11-4-2-1-3-5-11)27-28(19)22(30-21(14)17(26)9-12)15-7-13(24)8-16(25)20(15)29/h1-9,19,22,29H,10H2/t19-,22+/m0/s1. The van der Waals surface area contributed by atoms with Crippen LogP contribution < -0.4 is 4.74 Å². The molecule has 3 aromatic carbocycles. The van der Waals surface area contributed by atoms with E-state index in [4.69, 9.17) is 56.2 Å². The predicted octanol–water partition coefficient (Wildman–Crippen LogP) is 7.25. The summed E-state index contributed by atoms with van der Waals surface area (Å²) in [7, 11) is 0. The van der Waals surface area contributed by atoms with Crippen LogP contribution in [-0.4, -0.2) is 15.8 Å². The van der Waals surface area contributed by atoms with Crippen molar-refractivity contribution in [1.82, 2.24) is 5.01 Å². The van der Waals surface area contributed by atoms with E-state index in [9.17, 15) is 5.11 Å². The third-order valence-electron chi connectivity index (χ3n) is 5.24. The third-order valence-corrected chi connectivity index (χ3v) is 6.24. The fourth-order valence-electron chi connectivity index (χ4n) is 3.90. The first-order valence-corrected chi connectivity index (χ1v) is 10.7. The van der Waals surface area contributed by atoms with Crippen LogP contribution in [0.4, 0.5) is 0 Å². The molecule has 0 saturated carbocycles. The number of aromatic hydroxyl groups is 1. The lowest BCUT2D eigenvalue weighted by Crippen LogP contribution is -2.34. The van der Waals surface area contributed by atoms with Crippen LogP contribution in [0.5, 0.6) is 11.5 Å². The molecule has 0 aliphatic carbocycles. The van der Waals surface area contributed by atoms with E-state index in [1.54, 1.807) is 17.1 Å². The Bertz CT molecular complexity index is 1180. The van der Waals surface area contributed by atoms with Crippen molar-refractivity contribution in [2.24, 2.45) is 5.10 Å². The number of hydrogen-bond acceptors (Lipinski definition) is 4. The van der Waals surface area contributed by atoms with Gasteiger partial charge < -0.3 is 9.84 Å². The van der Waals surface area contributed by atoms with Crippen molar-refractivity contribution < 1.29 is 9.84 Å². The van der Waals surface area contributed by atoms with Gasteiger partial charge in [-0.25, -0.2) is 5.01 Å². The molecule has 0 fully saturated rings. The average molecular weight is 480 g/mol. The largest absolute Gasteiger partial charge is 0.506 e. The van der Waals surface area contributed by atoms with Gasteiger partial charge in [-0.1, -0.05) is 76.7 Å². The minimum atomic E-state index is -0.765. The number of hydrogen-bond donors (Lipinski definition) is 1. The van der Waals surface area contributed by atoms with Gasteiger partial charge in [0.05, 0.1) is 27.4 Å². The van der Waals surface area contributed by atoms with Gasteiger partial charge in [0.15, 0.2) is 0 Å². The minimum absolute atomic E-state index is 0.110. The molecular formula is C22H14Cl4N2O2. The van der Waals surface area contributed by atoms with E-state index in [2.05, 4.69) is 0 Å². The Morgan fingerprint density at radius 3 is 2.30 bits per heavy atom. The molecule has 0 aromatic heterocycles. The number of fused-ring (bicyclic) bond motifs is 3. The quantitative estimate of drug-likeness (QED) is 0.421. The number of benzene rings is 3. The Labute approximate surface area is 193 Å². The van der Waals surface area contributed by atoms with Crippen molar-refractivity contribution in [2.45, 2.75) is 18.7 Å². The molecule has 2 heterocycles. The predicted molar refractivity (Wildman–Crippen MR) is 120 cm³/mol. The van der Waals surface area contributed by atoms with Crippen LogP contribution >= 0.6 is 46.4 Å². The van der Waals surface area contributed by atoms with Gasteiger partial charge in [0.25, 0.3) is 0 Å². The zero-order valence-electron chi connectivity index (χ0n) is 15.3. The van der Waals surface area contributed by atoms with Crippen LogP contribution in [0.1, 0.15) is 35.4 Å². The van der Waals surface area contributed by atoms with E-state index < -0.39 is 6.23 Å². The fourth-order valence-corrected chi connectivity index (χ4v) is 4.96. The van der Waals surface area contributed by atoms with Crippen molar-refractivity contribution in [3.63, 3.8) is 0 Å². The number of phenolic OH excluding ortho intramolecular Hbond substituents is 1. The number of rotatable bonds is 2. The molecule has 2 aliphatic heterocycles.